The van der Waals surface area contributed by atoms with Crippen molar-refractivity contribution in [3.05, 3.63) is 53.9 Å². The van der Waals surface area contributed by atoms with E-state index in [0.29, 0.717) is 30.6 Å². The van der Waals surface area contributed by atoms with Gasteiger partial charge in [-0.1, -0.05) is 0 Å². The fraction of sp³-hybridized carbons (Fsp3) is 0.312. The van der Waals surface area contributed by atoms with E-state index in [0.717, 1.165) is 19.2 Å². The molecule has 2 aromatic rings. The van der Waals surface area contributed by atoms with Gasteiger partial charge in [0.15, 0.2) is 5.96 Å². The molecule has 1 fully saturated rings. The first-order valence-electron chi connectivity index (χ1n) is 7.63. The molecule has 134 valence electrons. The average molecular weight is 460 g/mol. The number of aliphatic imine (C=N–C) groups is 1. The summed E-state index contributed by atoms with van der Waals surface area (Å²) in [7, 11) is 0. The Morgan fingerprint density at radius 3 is 2.24 bits per heavy atom. The lowest BCUT2D eigenvalue weighted by molar-refractivity contribution is 0.378. The number of anilines is 1. The van der Waals surface area contributed by atoms with Gasteiger partial charge < -0.3 is 15.5 Å². The van der Waals surface area contributed by atoms with Gasteiger partial charge >= 0.3 is 0 Å². The van der Waals surface area contributed by atoms with Gasteiger partial charge in [0.2, 0.25) is 5.95 Å². The Hall–Kier alpha value is -2.04. The Kier molecular flexibility index (Phi) is 6.85. The number of benzene rings is 1. The first-order valence-corrected chi connectivity index (χ1v) is 7.63. The number of nitrogens with zero attached hydrogens (tertiary/aromatic N) is 5. The molecule has 0 saturated carbocycles. The van der Waals surface area contributed by atoms with Gasteiger partial charge in [-0.25, -0.2) is 23.7 Å². The Bertz CT molecular complexity index is 700. The molecule has 1 saturated heterocycles. The maximum Gasteiger partial charge on any atom is 0.225 e. The molecule has 1 aliphatic rings. The van der Waals surface area contributed by atoms with E-state index in [9.17, 15) is 8.78 Å². The van der Waals surface area contributed by atoms with Crippen molar-refractivity contribution in [3.63, 3.8) is 0 Å². The molecular formula is C16H19F2IN6. The van der Waals surface area contributed by atoms with Gasteiger partial charge in [0, 0.05) is 44.6 Å². The van der Waals surface area contributed by atoms with Gasteiger partial charge in [-0.15, -0.1) is 24.0 Å². The van der Waals surface area contributed by atoms with Crippen LogP contribution in [0.15, 0.2) is 41.7 Å². The van der Waals surface area contributed by atoms with E-state index in [2.05, 4.69) is 19.9 Å². The second-order valence-electron chi connectivity index (χ2n) is 5.48. The summed E-state index contributed by atoms with van der Waals surface area (Å²) in [6.45, 7) is 2.97. The van der Waals surface area contributed by atoms with Crippen molar-refractivity contribution >= 4 is 35.9 Å². The summed E-state index contributed by atoms with van der Waals surface area (Å²) >= 11 is 0. The number of piperazine rings is 1. The lowest BCUT2D eigenvalue weighted by Crippen LogP contribution is -2.51. The zero-order valence-corrected chi connectivity index (χ0v) is 15.8. The average Bonchev–Trinajstić information content (AvgIpc) is 2.60. The van der Waals surface area contributed by atoms with Crippen LogP contribution in [0, 0.1) is 11.6 Å². The molecule has 0 amide bonds. The molecule has 2 N–H and O–H groups in total. The minimum Gasteiger partial charge on any atom is -0.370 e. The summed E-state index contributed by atoms with van der Waals surface area (Å²) in [4.78, 5) is 16.7. The molecule has 1 aromatic heterocycles. The lowest BCUT2D eigenvalue weighted by atomic mass is 10.2. The Morgan fingerprint density at radius 2 is 1.64 bits per heavy atom. The lowest BCUT2D eigenvalue weighted by Gasteiger charge is -2.35. The normalized spacial score (nSPS) is 15.0. The topological polar surface area (TPSA) is 70.6 Å². The molecule has 3 rings (SSSR count). The van der Waals surface area contributed by atoms with Crippen LogP contribution in [-0.2, 0) is 6.54 Å². The molecule has 6 nitrogen and oxygen atoms in total. The van der Waals surface area contributed by atoms with Crippen molar-refractivity contribution in [2.45, 2.75) is 6.54 Å². The summed E-state index contributed by atoms with van der Waals surface area (Å²) in [5, 5.41) is 0. The van der Waals surface area contributed by atoms with E-state index in [-0.39, 0.29) is 30.5 Å². The van der Waals surface area contributed by atoms with Crippen LogP contribution in [0.4, 0.5) is 14.7 Å². The molecule has 0 atom stereocenters. The molecule has 9 heteroatoms. The highest BCUT2D eigenvalue weighted by molar-refractivity contribution is 14.0. The predicted molar refractivity (Wildman–Crippen MR) is 103 cm³/mol. The van der Waals surface area contributed by atoms with E-state index >= 15 is 0 Å². The highest BCUT2D eigenvalue weighted by Crippen LogP contribution is 2.11. The Morgan fingerprint density at radius 1 is 1.04 bits per heavy atom. The highest BCUT2D eigenvalue weighted by atomic mass is 127. The third-order valence-electron chi connectivity index (χ3n) is 3.78. The standard InChI is InChI=1S/C16H18F2N6.HI/c17-13-8-12(9-14(18)10-13)11-22-15(19)23-4-6-24(7-5-23)16-20-2-1-3-21-16;/h1-3,8-10H,4-7,11H2,(H2,19,22);1H. The van der Waals surface area contributed by atoms with Crippen LogP contribution in [0.25, 0.3) is 0 Å². The quantitative estimate of drug-likeness (QED) is 0.431. The van der Waals surface area contributed by atoms with E-state index in [4.69, 9.17) is 5.73 Å². The number of nitrogens with two attached hydrogens (primary N) is 1. The Labute approximate surface area is 161 Å². The first-order chi connectivity index (χ1) is 11.6. The number of halogens is 3. The van der Waals surface area contributed by atoms with Gasteiger partial charge in [0.1, 0.15) is 11.6 Å². The van der Waals surface area contributed by atoms with E-state index in [1.54, 1.807) is 18.5 Å². The van der Waals surface area contributed by atoms with E-state index in [1.165, 1.54) is 12.1 Å². The summed E-state index contributed by atoms with van der Waals surface area (Å²) in [5.41, 5.74) is 6.45. The SMILES string of the molecule is I.NC(=NCc1cc(F)cc(F)c1)N1CCN(c2ncccn2)CC1. The maximum absolute atomic E-state index is 13.2. The highest BCUT2D eigenvalue weighted by Gasteiger charge is 2.19. The molecule has 0 spiro atoms. The number of aromatic nitrogens is 2. The van der Waals surface area contributed by atoms with Gasteiger partial charge in [0.25, 0.3) is 0 Å². The second-order valence-corrected chi connectivity index (χ2v) is 5.48. The third-order valence-corrected chi connectivity index (χ3v) is 3.78. The van der Waals surface area contributed by atoms with Crippen molar-refractivity contribution in [3.8, 4) is 0 Å². The van der Waals surface area contributed by atoms with Crippen LogP contribution < -0.4 is 10.6 Å². The van der Waals surface area contributed by atoms with Gasteiger partial charge in [-0.3, -0.25) is 0 Å². The second kappa shape index (κ2) is 8.88. The largest absolute Gasteiger partial charge is 0.370 e. The van der Waals surface area contributed by atoms with Gasteiger partial charge in [0.05, 0.1) is 6.54 Å². The van der Waals surface area contributed by atoms with Crippen LogP contribution in [0.1, 0.15) is 5.56 Å². The molecule has 0 bridgehead atoms. The molecule has 2 heterocycles. The molecule has 0 aliphatic carbocycles. The Balaban J connectivity index is 0.00000225. The zero-order chi connectivity index (χ0) is 16.9. The molecule has 25 heavy (non-hydrogen) atoms. The van der Waals surface area contributed by atoms with Crippen LogP contribution >= 0.6 is 24.0 Å². The number of hydrogen-bond donors (Lipinski definition) is 1. The minimum atomic E-state index is -0.616. The van der Waals surface area contributed by atoms with Crippen LogP contribution in [0.2, 0.25) is 0 Å². The van der Waals surface area contributed by atoms with Crippen molar-refractivity contribution in [2.75, 3.05) is 31.1 Å². The van der Waals surface area contributed by atoms with Crippen LogP contribution in [0.3, 0.4) is 0 Å². The first kappa shape index (κ1) is 19.3. The predicted octanol–water partition coefficient (Wildman–Crippen LogP) is 2.01. The smallest absolute Gasteiger partial charge is 0.225 e. The fourth-order valence-electron chi connectivity index (χ4n) is 2.56. The summed E-state index contributed by atoms with van der Waals surface area (Å²) < 4.78 is 26.3. The molecule has 0 radical (unpaired) electrons. The van der Waals surface area contributed by atoms with E-state index < -0.39 is 11.6 Å². The molecule has 1 aromatic carbocycles. The minimum absolute atomic E-state index is 0. The van der Waals surface area contributed by atoms with Crippen molar-refractivity contribution in [1.29, 1.82) is 0 Å². The molecule has 1 aliphatic heterocycles. The molecule has 0 unspecified atom stereocenters. The van der Waals surface area contributed by atoms with Crippen molar-refractivity contribution in [2.24, 2.45) is 10.7 Å². The monoisotopic (exact) mass is 460 g/mol. The van der Waals surface area contributed by atoms with Crippen LogP contribution in [0.5, 0.6) is 0 Å². The van der Waals surface area contributed by atoms with Crippen molar-refractivity contribution in [1.82, 2.24) is 14.9 Å². The van der Waals surface area contributed by atoms with E-state index in [1.807, 2.05) is 4.90 Å². The number of hydrogen-bond acceptors (Lipinski definition) is 4. The third kappa shape index (κ3) is 5.21. The van der Waals surface area contributed by atoms with Crippen LogP contribution in [-0.4, -0.2) is 47.0 Å². The number of guanidine groups is 1. The zero-order valence-electron chi connectivity index (χ0n) is 13.5. The molecular weight excluding hydrogens is 441 g/mol. The number of rotatable bonds is 3. The van der Waals surface area contributed by atoms with Gasteiger partial charge in [-0.05, 0) is 23.8 Å². The maximum atomic E-state index is 13.2. The van der Waals surface area contributed by atoms with Gasteiger partial charge in [-0.2, -0.15) is 0 Å². The van der Waals surface area contributed by atoms with Crippen molar-refractivity contribution < 1.29 is 8.78 Å². The fourth-order valence-corrected chi connectivity index (χ4v) is 2.56. The summed E-state index contributed by atoms with van der Waals surface area (Å²) in [6.07, 6.45) is 3.42. The summed E-state index contributed by atoms with van der Waals surface area (Å²) in [5.74, 6) is -0.165. The summed E-state index contributed by atoms with van der Waals surface area (Å²) in [6, 6.07) is 5.12.